The van der Waals surface area contributed by atoms with Gasteiger partial charge in [-0.25, -0.2) is 4.39 Å². The van der Waals surface area contributed by atoms with Crippen molar-refractivity contribution in [3.05, 3.63) is 35.1 Å². The Hall–Kier alpha value is -1.10. The first-order valence-corrected chi connectivity index (χ1v) is 6.92. The van der Waals surface area contributed by atoms with Crippen LogP contribution in [0.15, 0.2) is 18.2 Å². The summed E-state index contributed by atoms with van der Waals surface area (Å²) in [4.78, 5) is 0. The van der Waals surface area contributed by atoms with Crippen LogP contribution in [-0.2, 0) is 6.18 Å². The van der Waals surface area contributed by atoms with Crippen molar-refractivity contribution in [2.45, 2.75) is 50.8 Å². The van der Waals surface area contributed by atoms with E-state index < -0.39 is 23.7 Å². The molecule has 0 saturated heterocycles. The van der Waals surface area contributed by atoms with E-state index in [2.05, 4.69) is 0 Å². The first-order chi connectivity index (χ1) is 9.38. The summed E-state index contributed by atoms with van der Waals surface area (Å²) in [5, 5.41) is 10.1. The van der Waals surface area contributed by atoms with Crippen LogP contribution in [0.25, 0.3) is 0 Å². The lowest BCUT2D eigenvalue weighted by atomic mass is 9.83. The fraction of sp³-hybridized carbons (Fsp3) is 0.600. The molecule has 0 aliphatic heterocycles. The molecule has 0 bridgehead atoms. The fourth-order valence-electron chi connectivity index (χ4n) is 2.93. The van der Waals surface area contributed by atoms with Gasteiger partial charge in [-0.05, 0) is 30.0 Å². The van der Waals surface area contributed by atoms with E-state index in [1.165, 1.54) is 0 Å². The van der Waals surface area contributed by atoms with Crippen molar-refractivity contribution in [1.82, 2.24) is 0 Å². The van der Waals surface area contributed by atoms with E-state index in [1.54, 1.807) is 0 Å². The topological polar surface area (TPSA) is 20.2 Å². The molecule has 112 valence electrons. The van der Waals surface area contributed by atoms with Crippen LogP contribution in [0.1, 0.15) is 55.8 Å². The highest BCUT2D eigenvalue weighted by molar-refractivity contribution is 5.32. The number of halogens is 4. The molecule has 1 unspecified atom stereocenters. The predicted octanol–water partition coefficient (Wildman–Crippen LogP) is 4.85. The van der Waals surface area contributed by atoms with Gasteiger partial charge in [0.15, 0.2) is 0 Å². The maximum Gasteiger partial charge on any atom is 0.416 e. The Kier molecular flexibility index (Phi) is 4.68. The summed E-state index contributed by atoms with van der Waals surface area (Å²) in [5.74, 6) is -0.684. The molecule has 20 heavy (non-hydrogen) atoms. The maximum atomic E-state index is 13.0. The molecule has 1 nitrogen and oxygen atoms in total. The first-order valence-electron chi connectivity index (χ1n) is 6.92. The molecule has 1 saturated carbocycles. The third kappa shape index (κ3) is 3.72. The molecule has 0 spiro atoms. The SMILES string of the molecule is OC(CC1CCCCC1)c1ccc(F)cc1C(F)(F)F. The number of rotatable bonds is 3. The molecule has 1 aromatic carbocycles. The van der Waals surface area contributed by atoms with Crippen molar-refractivity contribution in [3.63, 3.8) is 0 Å². The molecule has 1 aromatic rings. The summed E-state index contributed by atoms with van der Waals surface area (Å²) in [5.41, 5.74) is -1.29. The highest BCUT2D eigenvalue weighted by atomic mass is 19.4. The molecule has 2 rings (SSSR count). The van der Waals surface area contributed by atoms with Crippen LogP contribution >= 0.6 is 0 Å². The molecular weight excluding hydrogens is 272 g/mol. The summed E-state index contributed by atoms with van der Waals surface area (Å²) in [6, 6.07) is 2.47. The third-order valence-electron chi connectivity index (χ3n) is 3.96. The Balaban J connectivity index is 2.18. The van der Waals surface area contributed by atoms with E-state index in [4.69, 9.17) is 0 Å². The Morgan fingerprint density at radius 2 is 1.80 bits per heavy atom. The van der Waals surface area contributed by atoms with Crippen LogP contribution < -0.4 is 0 Å². The number of aliphatic hydroxyl groups excluding tert-OH is 1. The van der Waals surface area contributed by atoms with Crippen molar-refractivity contribution in [2.75, 3.05) is 0 Å². The largest absolute Gasteiger partial charge is 0.416 e. The highest BCUT2D eigenvalue weighted by Crippen LogP contribution is 2.38. The minimum absolute atomic E-state index is 0.218. The summed E-state index contributed by atoms with van der Waals surface area (Å²) in [6.07, 6.45) is -0.356. The zero-order valence-electron chi connectivity index (χ0n) is 11.1. The van der Waals surface area contributed by atoms with Crippen LogP contribution in [0.2, 0.25) is 0 Å². The van der Waals surface area contributed by atoms with E-state index in [-0.39, 0.29) is 11.5 Å². The van der Waals surface area contributed by atoms with Crippen LogP contribution in [-0.4, -0.2) is 5.11 Å². The zero-order valence-corrected chi connectivity index (χ0v) is 11.1. The lowest BCUT2D eigenvalue weighted by Gasteiger charge is -2.25. The van der Waals surface area contributed by atoms with Crippen LogP contribution in [0.4, 0.5) is 17.6 Å². The van der Waals surface area contributed by atoms with Gasteiger partial charge in [-0.15, -0.1) is 0 Å². The molecule has 5 heteroatoms. The van der Waals surface area contributed by atoms with Crippen molar-refractivity contribution >= 4 is 0 Å². The van der Waals surface area contributed by atoms with Gasteiger partial charge in [-0.3, -0.25) is 0 Å². The van der Waals surface area contributed by atoms with Gasteiger partial charge in [-0.2, -0.15) is 13.2 Å². The van der Waals surface area contributed by atoms with E-state index in [0.717, 1.165) is 44.2 Å². The molecule has 0 aromatic heterocycles. The predicted molar refractivity (Wildman–Crippen MR) is 67.6 cm³/mol. The first kappa shape index (κ1) is 15.3. The zero-order chi connectivity index (χ0) is 14.8. The van der Waals surface area contributed by atoms with Gasteiger partial charge < -0.3 is 5.11 Å². The van der Waals surface area contributed by atoms with Crippen LogP contribution in [0.3, 0.4) is 0 Å². The monoisotopic (exact) mass is 290 g/mol. The fourth-order valence-corrected chi connectivity index (χ4v) is 2.93. The molecule has 1 atom stereocenters. The van der Waals surface area contributed by atoms with E-state index in [9.17, 15) is 22.7 Å². The van der Waals surface area contributed by atoms with Gasteiger partial charge in [0.05, 0.1) is 11.7 Å². The smallest absolute Gasteiger partial charge is 0.388 e. The van der Waals surface area contributed by atoms with Crippen molar-refractivity contribution in [3.8, 4) is 0 Å². The van der Waals surface area contributed by atoms with Gasteiger partial charge in [0.2, 0.25) is 0 Å². The second-order valence-electron chi connectivity index (χ2n) is 5.48. The van der Waals surface area contributed by atoms with E-state index >= 15 is 0 Å². The lowest BCUT2D eigenvalue weighted by Crippen LogP contribution is -2.16. The van der Waals surface area contributed by atoms with Crippen molar-refractivity contribution in [2.24, 2.45) is 5.92 Å². The van der Waals surface area contributed by atoms with Crippen molar-refractivity contribution in [1.29, 1.82) is 0 Å². The standard InChI is InChI=1S/C15H18F4O/c16-11-6-7-12(13(9-11)15(17,18)19)14(20)8-10-4-2-1-3-5-10/h6-7,9-10,14,20H,1-5,8H2. The van der Waals surface area contributed by atoms with Crippen LogP contribution in [0, 0.1) is 11.7 Å². The average Bonchev–Trinajstić information content (AvgIpc) is 2.38. The maximum absolute atomic E-state index is 13.0. The number of hydrogen-bond donors (Lipinski definition) is 1. The molecular formula is C15H18F4O. The van der Waals surface area contributed by atoms with Crippen molar-refractivity contribution < 1.29 is 22.7 Å². The minimum atomic E-state index is -4.65. The molecule has 0 radical (unpaired) electrons. The molecule has 1 aliphatic rings. The molecule has 1 aliphatic carbocycles. The minimum Gasteiger partial charge on any atom is -0.388 e. The molecule has 0 amide bonds. The summed E-state index contributed by atoms with van der Waals surface area (Å²) in [7, 11) is 0. The Labute approximate surface area is 115 Å². The summed E-state index contributed by atoms with van der Waals surface area (Å²) >= 11 is 0. The normalized spacial score (nSPS) is 19.1. The number of alkyl halides is 3. The van der Waals surface area contributed by atoms with Crippen LogP contribution in [0.5, 0.6) is 0 Å². The Morgan fingerprint density at radius 3 is 2.40 bits per heavy atom. The second kappa shape index (κ2) is 6.12. The Bertz CT molecular complexity index is 450. The molecule has 1 fully saturated rings. The van der Waals surface area contributed by atoms with E-state index in [1.807, 2.05) is 0 Å². The average molecular weight is 290 g/mol. The van der Waals surface area contributed by atoms with Gasteiger partial charge in [-0.1, -0.05) is 38.2 Å². The molecule has 0 heterocycles. The summed E-state index contributed by atoms with van der Waals surface area (Å²) < 4.78 is 51.7. The number of benzene rings is 1. The number of aliphatic hydroxyl groups is 1. The lowest BCUT2D eigenvalue weighted by molar-refractivity contribution is -0.139. The molecule has 1 N–H and O–H groups in total. The quantitative estimate of drug-likeness (QED) is 0.789. The summed E-state index contributed by atoms with van der Waals surface area (Å²) in [6.45, 7) is 0. The van der Waals surface area contributed by atoms with Gasteiger partial charge >= 0.3 is 6.18 Å². The number of hydrogen-bond acceptors (Lipinski definition) is 1. The van der Waals surface area contributed by atoms with Gasteiger partial charge in [0.1, 0.15) is 5.82 Å². The van der Waals surface area contributed by atoms with Gasteiger partial charge in [0, 0.05) is 0 Å². The van der Waals surface area contributed by atoms with Gasteiger partial charge in [0.25, 0.3) is 0 Å². The highest BCUT2D eigenvalue weighted by Gasteiger charge is 2.35. The van der Waals surface area contributed by atoms with E-state index in [0.29, 0.717) is 12.5 Å². The Morgan fingerprint density at radius 1 is 1.15 bits per heavy atom. The third-order valence-corrected chi connectivity index (χ3v) is 3.96. The second-order valence-corrected chi connectivity index (χ2v) is 5.48.